The van der Waals surface area contributed by atoms with Crippen molar-refractivity contribution in [2.45, 2.75) is 19.2 Å². The lowest BCUT2D eigenvalue weighted by Crippen LogP contribution is -2.57. The Labute approximate surface area is 153 Å². The predicted octanol–water partition coefficient (Wildman–Crippen LogP) is 3.01. The summed E-state index contributed by atoms with van der Waals surface area (Å²) in [5.41, 5.74) is -0.665. The molecule has 0 radical (unpaired) electrons. The van der Waals surface area contributed by atoms with Gasteiger partial charge in [0.15, 0.2) is 0 Å². The SMILES string of the molecule is Cc1cc(OC2CN(C(=O)Nc3ccccc3C(F)(F)F)C2)cc(=O)n1C. The summed E-state index contributed by atoms with van der Waals surface area (Å²) in [6, 6.07) is 7.24. The minimum atomic E-state index is -4.55. The summed E-state index contributed by atoms with van der Waals surface area (Å²) in [7, 11) is 1.65. The zero-order valence-electron chi connectivity index (χ0n) is 14.7. The van der Waals surface area contributed by atoms with E-state index in [9.17, 15) is 22.8 Å². The number of nitrogens with one attached hydrogen (secondary N) is 1. The van der Waals surface area contributed by atoms with Crippen molar-refractivity contribution in [3.05, 3.63) is 58.0 Å². The zero-order chi connectivity index (χ0) is 19.8. The standard InChI is InChI=1S/C18H18F3N3O3/c1-11-7-12(8-16(25)23(11)2)27-13-9-24(10-13)17(26)22-15-6-4-3-5-14(15)18(19,20)21/h3-8,13H,9-10H2,1-2H3,(H,22,26). The molecule has 6 nitrogen and oxygen atoms in total. The van der Waals surface area contributed by atoms with Crippen LogP contribution in [0.5, 0.6) is 5.75 Å². The molecule has 1 aliphatic rings. The van der Waals surface area contributed by atoms with E-state index >= 15 is 0 Å². The second kappa shape index (κ2) is 6.98. The van der Waals surface area contributed by atoms with Crippen LogP contribution in [0.3, 0.4) is 0 Å². The van der Waals surface area contributed by atoms with Gasteiger partial charge in [-0.25, -0.2) is 4.79 Å². The fourth-order valence-corrected chi connectivity index (χ4v) is 2.71. The van der Waals surface area contributed by atoms with Crippen molar-refractivity contribution in [2.24, 2.45) is 7.05 Å². The molecular formula is C18H18F3N3O3. The highest BCUT2D eigenvalue weighted by Gasteiger charge is 2.36. The number of urea groups is 1. The first-order valence-electron chi connectivity index (χ1n) is 8.21. The molecule has 1 fully saturated rings. The molecule has 0 spiro atoms. The van der Waals surface area contributed by atoms with E-state index in [2.05, 4.69) is 5.32 Å². The number of para-hydroxylation sites is 1. The van der Waals surface area contributed by atoms with E-state index in [1.165, 1.54) is 33.7 Å². The Kier molecular flexibility index (Phi) is 4.86. The minimum Gasteiger partial charge on any atom is -0.486 e. The molecule has 2 heterocycles. The molecule has 0 saturated carbocycles. The lowest BCUT2D eigenvalue weighted by molar-refractivity contribution is -0.136. The molecule has 1 N–H and O–H groups in total. The van der Waals surface area contributed by atoms with Crippen LogP contribution in [0.25, 0.3) is 0 Å². The van der Waals surface area contributed by atoms with Crippen molar-refractivity contribution in [1.29, 1.82) is 0 Å². The lowest BCUT2D eigenvalue weighted by Gasteiger charge is -2.38. The third-order valence-electron chi connectivity index (χ3n) is 4.39. The van der Waals surface area contributed by atoms with Crippen LogP contribution < -0.4 is 15.6 Å². The number of nitrogens with zero attached hydrogens (tertiary/aromatic N) is 2. The number of anilines is 1. The molecule has 1 saturated heterocycles. The summed E-state index contributed by atoms with van der Waals surface area (Å²) in [6.07, 6.45) is -4.87. The van der Waals surface area contributed by atoms with E-state index < -0.39 is 17.8 Å². The van der Waals surface area contributed by atoms with Gasteiger partial charge in [-0.3, -0.25) is 4.79 Å². The molecule has 0 aliphatic carbocycles. The van der Waals surface area contributed by atoms with E-state index in [0.29, 0.717) is 5.75 Å². The minimum absolute atomic E-state index is 0.206. The second-order valence-corrected chi connectivity index (χ2v) is 6.35. The molecule has 27 heavy (non-hydrogen) atoms. The van der Waals surface area contributed by atoms with Crippen LogP contribution in [-0.4, -0.2) is 34.7 Å². The maximum Gasteiger partial charge on any atom is 0.418 e. The van der Waals surface area contributed by atoms with Gasteiger partial charge in [-0.1, -0.05) is 12.1 Å². The van der Waals surface area contributed by atoms with E-state index in [4.69, 9.17) is 4.74 Å². The third-order valence-corrected chi connectivity index (χ3v) is 4.39. The van der Waals surface area contributed by atoms with Crippen LogP contribution >= 0.6 is 0 Å². The monoisotopic (exact) mass is 381 g/mol. The number of aryl methyl sites for hydroxylation is 1. The smallest absolute Gasteiger partial charge is 0.418 e. The van der Waals surface area contributed by atoms with Gasteiger partial charge in [-0.2, -0.15) is 13.2 Å². The first-order chi connectivity index (χ1) is 12.6. The van der Waals surface area contributed by atoms with Crippen LogP contribution in [0.1, 0.15) is 11.3 Å². The first-order valence-corrected chi connectivity index (χ1v) is 8.21. The van der Waals surface area contributed by atoms with Crippen molar-refractivity contribution >= 4 is 11.7 Å². The van der Waals surface area contributed by atoms with Gasteiger partial charge < -0.3 is 19.5 Å². The maximum atomic E-state index is 13.0. The highest BCUT2D eigenvalue weighted by Crippen LogP contribution is 2.34. The van der Waals surface area contributed by atoms with E-state index in [0.717, 1.165) is 11.8 Å². The fourth-order valence-electron chi connectivity index (χ4n) is 2.71. The molecule has 9 heteroatoms. The maximum absolute atomic E-state index is 13.0. The number of carbonyl (C=O) groups excluding carboxylic acids is 1. The summed E-state index contributed by atoms with van der Waals surface area (Å²) >= 11 is 0. The van der Waals surface area contributed by atoms with Gasteiger partial charge in [0.1, 0.15) is 11.9 Å². The zero-order valence-corrected chi connectivity index (χ0v) is 14.7. The number of pyridine rings is 1. The molecule has 0 bridgehead atoms. The van der Waals surface area contributed by atoms with Gasteiger partial charge >= 0.3 is 12.2 Å². The van der Waals surface area contributed by atoms with Crippen molar-refractivity contribution < 1.29 is 22.7 Å². The third kappa shape index (κ3) is 4.07. The molecule has 1 aliphatic heterocycles. The molecule has 1 aromatic carbocycles. The molecule has 3 rings (SSSR count). The highest BCUT2D eigenvalue weighted by molar-refractivity contribution is 5.90. The molecule has 144 valence electrons. The number of benzene rings is 1. The number of likely N-dealkylation sites (tertiary alicyclic amines) is 1. The lowest BCUT2D eigenvalue weighted by atomic mass is 10.1. The van der Waals surface area contributed by atoms with Gasteiger partial charge in [0.05, 0.1) is 24.3 Å². The van der Waals surface area contributed by atoms with Gasteiger partial charge in [-0.15, -0.1) is 0 Å². The Morgan fingerprint density at radius 2 is 1.89 bits per heavy atom. The quantitative estimate of drug-likeness (QED) is 0.889. The van der Waals surface area contributed by atoms with Gasteiger partial charge in [0.2, 0.25) is 0 Å². The number of ether oxygens (including phenoxy) is 1. The van der Waals surface area contributed by atoms with Crippen molar-refractivity contribution in [3.63, 3.8) is 0 Å². The Morgan fingerprint density at radius 1 is 1.22 bits per heavy atom. The molecule has 2 amide bonds. The Hall–Kier alpha value is -2.97. The Bertz CT molecular complexity index is 918. The normalized spacial score (nSPS) is 14.6. The van der Waals surface area contributed by atoms with Gasteiger partial charge in [-0.05, 0) is 25.1 Å². The summed E-state index contributed by atoms with van der Waals surface area (Å²) in [4.78, 5) is 25.3. The van der Waals surface area contributed by atoms with Crippen LogP contribution in [0, 0.1) is 6.92 Å². The number of alkyl halides is 3. The Morgan fingerprint density at radius 3 is 2.52 bits per heavy atom. The van der Waals surface area contributed by atoms with Gasteiger partial charge in [0.25, 0.3) is 5.56 Å². The van der Waals surface area contributed by atoms with Crippen LogP contribution in [0.4, 0.5) is 23.7 Å². The second-order valence-electron chi connectivity index (χ2n) is 6.35. The number of hydrogen-bond donors (Lipinski definition) is 1. The number of rotatable bonds is 3. The average molecular weight is 381 g/mol. The fraction of sp³-hybridized carbons (Fsp3) is 0.333. The number of halogens is 3. The van der Waals surface area contributed by atoms with Crippen molar-refractivity contribution in [3.8, 4) is 5.75 Å². The summed E-state index contributed by atoms with van der Waals surface area (Å²) < 4.78 is 46.1. The summed E-state index contributed by atoms with van der Waals surface area (Å²) in [5, 5.41) is 2.29. The van der Waals surface area contributed by atoms with E-state index in [1.807, 2.05) is 0 Å². The van der Waals surface area contributed by atoms with Gasteiger partial charge in [0, 0.05) is 18.8 Å². The molecule has 1 aromatic heterocycles. The van der Waals surface area contributed by atoms with Crippen molar-refractivity contribution in [1.82, 2.24) is 9.47 Å². The summed E-state index contributed by atoms with van der Waals surface area (Å²) in [6.45, 7) is 2.20. The molecular weight excluding hydrogens is 363 g/mol. The van der Waals surface area contributed by atoms with Crippen LogP contribution in [-0.2, 0) is 13.2 Å². The number of aromatic nitrogens is 1. The van der Waals surface area contributed by atoms with Crippen LogP contribution in [0.15, 0.2) is 41.2 Å². The number of carbonyl (C=O) groups is 1. The predicted molar refractivity (Wildman–Crippen MR) is 92.9 cm³/mol. The Balaban J connectivity index is 1.59. The van der Waals surface area contributed by atoms with E-state index in [-0.39, 0.29) is 30.4 Å². The van der Waals surface area contributed by atoms with Crippen LogP contribution in [0.2, 0.25) is 0 Å². The summed E-state index contributed by atoms with van der Waals surface area (Å²) in [5.74, 6) is 0.406. The molecule has 0 atom stereocenters. The highest BCUT2D eigenvalue weighted by atomic mass is 19.4. The largest absolute Gasteiger partial charge is 0.486 e. The topological polar surface area (TPSA) is 63.6 Å². The molecule has 2 aromatic rings. The number of amides is 2. The first kappa shape index (κ1) is 18.8. The van der Waals surface area contributed by atoms with E-state index in [1.54, 1.807) is 20.0 Å². The average Bonchev–Trinajstić information content (AvgIpc) is 2.54. The molecule has 0 unspecified atom stereocenters. The number of hydrogen-bond acceptors (Lipinski definition) is 3. The van der Waals surface area contributed by atoms with Crippen molar-refractivity contribution in [2.75, 3.05) is 18.4 Å².